The third-order valence-electron chi connectivity index (χ3n) is 6.10. The van der Waals surface area contributed by atoms with Crippen LogP contribution in [0, 0.1) is 37.3 Å². The lowest BCUT2D eigenvalue weighted by molar-refractivity contribution is -0.393. The summed E-state index contributed by atoms with van der Waals surface area (Å²) in [4.78, 5) is 36.4. The third kappa shape index (κ3) is 5.09. The number of phenols is 1. The zero-order chi connectivity index (χ0) is 29.3. The number of hydrogen-bond donors (Lipinski definition) is 2. The van der Waals surface area contributed by atoms with Crippen LogP contribution in [0.25, 0.3) is 16.7 Å². The largest absolute Gasteiger partial charge is 0.507 e. The van der Waals surface area contributed by atoms with Gasteiger partial charge in [0.25, 0.3) is 11.4 Å². The number of rotatable bonds is 8. The second-order valence-corrected chi connectivity index (χ2v) is 8.67. The van der Waals surface area contributed by atoms with Crippen LogP contribution in [0.4, 0.5) is 22.7 Å². The minimum absolute atomic E-state index is 0.110. The Kier molecular flexibility index (Phi) is 6.74. The van der Waals surface area contributed by atoms with Gasteiger partial charge in [0.05, 0.1) is 32.2 Å². The predicted octanol–water partition coefficient (Wildman–Crippen LogP) is 5.02. The van der Waals surface area contributed by atoms with Crippen LogP contribution in [0.2, 0.25) is 0 Å². The highest BCUT2D eigenvalue weighted by atomic mass is 16.6. The lowest BCUT2D eigenvalue weighted by Crippen LogP contribution is -2.09. The van der Waals surface area contributed by atoms with Crippen molar-refractivity contribution < 1.29 is 19.9 Å². The molecule has 41 heavy (non-hydrogen) atoms. The highest BCUT2D eigenvalue weighted by Crippen LogP contribution is 2.30. The SMILES string of the molecule is Cc1nn(-c2cccc([N+](=O)[O-])c2)c2ncc(/C(=N/Nc3ccc([N+](=O)[O-])cc3[N+](=O)[O-])c3ccccc3O)cc12. The van der Waals surface area contributed by atoms with E-state index in [-0.39, 0.29) is 28.4 Å². The molecule has 3 aromatic carbocycles. The Morgan fingerprint density at radius 3 is 2.34 bits per heavy atom. The smallest absolute Gasteiger partial charge is 0.301 e. The Hall–Kier alpha value is -6.25. The molecule has 0 spiro atoms. The molecular formula is C26H18N8O7. The van der Waals surface area contributed by atoms with Crippen molar-refractivity contribution in [3.63, 3.8) is 0 Å². The zero-order valence-corrected chi connectivity index (χ0v) is 21.0. The van der Waals surface area contributed by atoms with Gasteiger partial charge in [0.1, 0.15) is 17.1 Å². The van der Waals surface area contributed by atoms with E-state index in [9.17, 15) is 35.4 Å². The number of non-ortho nitro benzene ring substituents is 2. The number of fused-ring (bicyclic) bond motifs is 1. The van der Waals surface area contributed by atoms with E-state index in [4.69, 9.17) is 0 Å². The number of phenolic OH excluding ortho intramolecular Hbond substituents is 1. The zero-order valence-electron chi connectivity index (χ0n) is 21.0. The molecule has 2 aromatic heterocycles. The summed E-state index contributed by atoms with van der Waals surface area (Å²) in [7, 11) is 0. The number of nitrogens with zero attached hydrogens (tertiary/aromatic N) is 7. The minimum Gasteiger partial charge on any atom is -0.507 e. The predicted molar refractivity (Wildman–Crippen MR) is 147 cm³/mol. The first kappa shape index (κ1) is 26.4. The summed E-state index contributed by atoms with van der Waals surface area (Å²) in [5, 5.41) is 53.9. The van der Waals surface area contributed by atoms with Crippen molar-refractivity contribution in [2.75, 3.05) is 5.43 Å². The van der Waals surface area contributed by atoms with E-state index in [0.717, 1.165) is 18.2 Å². The summed E-state index contributed by atoms with van der Waals surface area (Å²) in [6.07, 6.45) is 1.45. The van der Waals surface area contributed by atoms with Crippen molar-refractivity contribution in [2.24, 2.45) is 5.10 Å². The summed E-state index contributed by atoms with van der Waals surface area (Å²) < 4.78 is 1.47. The second-order valence-electron chi connectivity index (χ2n) is 8.67. The summed E-state index contributed by atoms with van der Waals surface area (Å²) >= 11 is 0. The van der Waals surface area contributed by atoms with Gasteiger partial charge in [0.15, 0.2) is 5.65 Å². The Balaban J connectivity index is 1.63. The van der Waals surface area contributed by atoms with Crippen molar-refractivity contribution in [1.29, 1.82) is 0 Å². The van der Waals surface area contributed by atoms with Gasteiger partial charge < -0.3 is 5.11 Å². The van der Waals surface area contributed by atoms with Crippen LogP contribution < -0.4 is 5.43 Å². The van der Waals surface area contributed by atoms with Crippen LogP contribution in [0.3, 0.4) is 0 Å². The number of hydrazone groups is 1. The summed E-state index contributed by atoms with van der Waals surface area (Å²) in [6.45, 7) is 1.73. The maximum Gasteiger partial charge on any atom is 0.301 e. The fourth-order valence-electron chi connectivity index (χ4n) is 4.14. The van der Waals surface area contributed by atoms with Gasteiger partial charge in [-0.15, -0.1) is 0 Å². The molecule has 0 fully saturated rings. The van der Waals surface area contributed by atoms with Crippen LogP contribution in [-0.4, -0.2) is 40.4 Å². The van der Waals surface area contributed by atoms with Crippen molar-refractivity contribution in [1.82, 2.24) is 14.8 Å². The van der Waals surface area contributed by atoms with Crippen molar-refractivity contribution in [2.45, 2.75) is 6.92 Å². The molecule has 0 saturated carbocycles. The van der Waals surface area contributed by atoms with Crippen molar-refractivity contribution >= 4 is 39.5 Å². The van der Waals surface area contributed by atoms with E-state index >= 15 is 0 Å². The van der Waals surface area contributed by atoms with Gasteiger partial charge >= 0.3 is 5.69 Å². The molecule has 2 N–H and O–H groups in total. The molecule has 0 radical (unpaired) electrons. The van der Waals surface area contributed by atoms with Crippen LogP contribution in [0.15, 0.2) is 84.1 Å². The molecule has 15 nitrogen and oxygen atoms in total. The molecule has 2 heterocycles. The number of anilines is 1. The van der Waals surface area contributed by atoms with Gasteiger partial charge in [0, 0.05) is 40.9 Å². The molecule has 0 aliphatic carbocycles. The average Bonchev–Trinajstić information content (AvgIpc) is 3.29. The number of nitro groups is 3. The number of benzene rings is 3. The van der Waals surface area contributed by atoms with E-state index in [1.807, 2.05) is 0 Å². The quantitative estimate of drug-likeness (QED) is 0.149. The summed E-state index contributed by atoms with van der Waals surface area (Å²) in [5.41, 5.74) is 3.56. The standard InChI is InChI=1S/C26H18N8O7/c1-15-21-11-16(14-27-26(21)31(30-15)17-5-4-6-18(12-17)32(36)37)25(20-7-2-3-8-24(20)35)29-28-22-10-9-19(33(38)39)13-23(22)34(40)41/h2-14,28,35H,1H3/b29-25-. The maximum absolute atomic E-state index is 11.6. The lowest BCUT2D eigenvalue weighted by Gasteiger charge is -2.11. The van der Waals surface area contributed by atoms with E-state index in [2.05, 4.69) is 20.6 Å². The van der Waals surface area contributed by atoms with Gasteiger partial charge in [-0.25, -0.2) is 9.67 Å². The fraction of sp³-hybridized carbons (Fsp3) is 0.0385. The number of nitrogens with one attached hydrogen (secondary N) is 1. The van der Waals surface area contributed by atoms with Crippen LogP contribution in [0.1, 0.15) is 16.8 Å². The van der Waals surface area contributed by atoms with E-state index in [1.54, 1.807) is 37.3 Å². The monoisotopic (exact) mass is 554 g/mol. The first-order valence-electron chi connectivity index (χ1n) is 11.8. The van der Waals surface area contributed by atoms with E-state index < -0.39 is 26.1 Å². The van der Waals surface area contributed by atoms with Crippen LogP contribution in [0.5, 0.6) is 5.75 Å². The minimum atomic E-state index is -0.774. The molecule has 0 atom stereocenters. The first-order valence-corrected chi connectivity index (χ1v) is 11.8. The second kappa shape index (κ2) is 10.5. The summed E-state index contributed by atoms with van der Waals surface area (Å²) in [6, 6.07) is 17.0. The van der Waals surface area contributed by atoms with Gasteiger partial charge in [-0.2, -0.15) is 10.2 Å². The first-order chi connectivity index (χ1) is 19.6. The molecular weight excluding hydrogens is 536 g/mol. The van der Waals surface area contributed by atoms with E-state index in [0.29, 0.717) is 28.0 Å². The van der Waals surface area contributed by atoms with Gasteiger partial charge in [-0.3, -0.25) is 35.8 Å². The molecule has 15 heteroatoms. The van der Waals surface area contributed by atoms with Crippen molar-refractivity contribution in [3.8, 4) is 11.4 Å². The number of pyridine rings is 1. The normalized spacial score (nSPS) is 11.4. The number of para-hydroxylation sites is 1. The van der Waals surface area contributed by atoms with Crippen LogP contribution >= 0.6 is 0 Å². The molecule has 0 bridgehead atoms. The fourth-order valence-corrected chi connectivity index (χ4v) is 4.14. The Morgan fingerprint density at radius 1 is 0.902 bits per heavy atom. The highest BCUT2D eigenvalue weighted by molar-refractivity contribution is 6.15. The summed E-state index contributed by atoms with van der Waals surface area (Å²) in [5.74, 6) is -0.129. The molecule has 0 amide bonds. The van der Waals surface area contributed by atoms with Gasteiger partial charge in [0.2, 0.25) is 0 Å². The van der Waals surface area contributed by atoms with E-state index in [1.165, 1.54) is 35.1 Å². The maximum atomic E-state index is 11.6. The Morgan fingerprint density at radius 2 is 1.63 bits per heavy atom. The van der Waals surface area contributed by atoms with Gasteiger partial charge in [-0.05, 0) is 37.3 Å². The molecule has 0 aliphatic rings. The number of aromatic hydroxyl groups is 1. The van der Waals surface area contributed by atoms with Gasteiger partial charge in [-0.1, -0.05) is 18.2 Å². The Bertz CT molecular complexity index is 1900. The highest BCUT2D eigenvalue weighted by Gasteiger charge is 2.21. The number of aryl methyl sites for hydroxylation is 1. The molecule has 0 saturated heterocycles. The number of hydrogen-bond acceptors (Lipinski definition) is 11. The number of nitro benzene ring substituents is 3. The lowest BCUT2D eigenvalue weighted by atomic mass is 10.0. The number of aromatic nitrogens is 3. The van der Waals surface area contributed by atoms with Crippen LogP contribution in [-0.2, 0) is 0 Å². The topological polar surface area (TPSA) is 205 Å². The average molecular weight is 554 g/mol. The van der Waals surface area contributed by atoms with Crippen molar-refractivity contribution in [3.05, 3.63) is 126 Å². The molecule has 5 rings (SSSR count). The molecule has 0 aliphatic heterocycles. The molecule has 5 aromatic rings. The molecule has 0 unspecified atom stereocenters. The Labute approximate surface area is 229 Å². The third-order valence-corrected chi connectivity index (χ3v) is 6.10. The molecule has 204 valence electrons.